The number of aryl methyl sites for hydroxylation is 1. The Morgan fingerprint density at radius 3 is 2.62 bits per heavy atom. The molecule has 11 nitrogen and oxygen atoms in total. The second-order valence-corrected chi connectivity index (χ2v) is 6.28. The number of thiophene rings is 1. The minimum atomic E-state index is -4.66. The van der Waals surface area contributed by atoms with Crippen LogP contribution in [0.25, 0.3) is 0 Å². The van der Waals surface area contributed by atoms with E-state index in [0.717, 1.165) is 11.3 Å². The van der Waals surface area contributed by atoms with Crippen molar-refractivity contribution in [3.63, 3.8) is 0 Å². The molecular formula is C11H11N5O6S2. The summed E-state index contributed by atoms with van der Waals surface area (Å²) in [5.41, 5.74) is 0. The normalized spacial score (nSPS) is 10.8. The van der Waals surface area contributed by atoms with Crippen LogP contribution in [0.15, 0.2) is 17.5 Å². The number of urea groups is 1. The number of rotatable bonds is 5. The van der Waals surface area contributed by atoms with Gasteiger partial charge in [0.05, 0.1) is 7.11 Å². The summed E-state index contributed by atoms with van der Waals surface area (Å²) in [6.45, 7) is 1.52. The molecule has 2 N–H and O–H groups in total. The highest BCUT2D eigenvalue weighted by Gasteiger charge is 2.22. The van der Waals surface area contributed by atoms with Crippen LogP contribution in [0.4, 0.5) is 10.7 Å². The molecule has 0 spiro atoms. The van der Waals surface area contributed by atoms with Crippen molar-refractivity contribution in [3.8, 4) is 6.01 Å². The van der Waals surface area contributed by atoms with E-state index in [2.05, 4.69) is 24.5 Å². The molecule has 0 aliphatic heterocycles. The highest BCUT2D eigenvalue weighted by molar-refractivity contribution is 7.85. The van der Waals surface area contributed by atoms with Crippen LogP contribution < -0.4 is 14.8 Å². The standard InChI is InChI=1S/C11H11N5O6S2/c1-6-12-9(15-11(13-6)21-2)14-10(18)16-24(19,20)22-8(17)7-4-3-5-23-7/h3-5H,1-2H3,(H2,12,13,14,15,16,18). The molecule has 0 aliphatic carbocycles. The lowest BCUT2D eigenvalue weighted by atomic mass is 10.5. The molecule has 2 aromatic heterocycles. The fourth-order valence-electron chi connectivity index (χ4n) is 1.40. The Balaban J connectivity index is 2.00. The van der Waals surface area contributed by atoms with Gasteiger partial charge < -0.3 is 8.92 Å². The van der Waals surface area contributed by atoms with Gasteiger partial charge in [0.1, 0.15) is 10.7 Å². The highest BCUT2D eigenvalue weighted by Crippen LogP contribution is 2.11. The van der Waals surface area contributed by atoms with Crippen molar-refractivity contribution < 1.29 is 26.9 Å². The van der Waals surface area contributed by atoms with Crippen LogP contribution in [0.1, 0.15) is 15.5 Å². The van der Waals surface area contributed by atoms with E-state index in [0.29, 0.717) is 0 Å². The van der Waals surface area contributed by atoms with Gasteiger partial charge in [-0.15, -0.1) is 11.3 Å². The number of aromatic nitrogens is 3. The van der Waals surface area contributed by atoms with Gasteiger partial charge in [-0.1, -0.05) is 6.07 Å². The number of nitrogens with one attached hydrogen (secondary N) is 2. The van der Waals surface area contributed by atoms with E-state index in [1.54, 1.807) is 11.4 Å². The van der Waals surface area contributed by atoms with Gasteiger partial charge in [0.2, 0.25) is 5.95 Å². The summed E-state index contributed by atoms with van der Waals surface area (Å²) >= 11 is 0.991. The third-order valence-corrected chi connectivity index (χ3v) is 3.92. The monoisotopic (exact) mass is 373 g/mol. The summed E-state index contributed by atoms with van der Waals surface area (Å²) in [6, 6.07) is 1.64. The van der Waals surface area contributed by atoms with Crippen molar-refractivity contribution in [1.29, 1.82) is 0 Å². The van der Waals surface area contributed by atoms with E-state index < -0.39 is 22.3 Å². The van der Waals surface area contributed by atoms with Crippen molar-refractivity contribution in [2.75, 3.05) is 12.4 Å². The third-order valence-electron chi connectivity index (χ3n) is 2.26. The number of anilines is 1. The van der Waals surface area contributed by atoms with Crippen LogP contribution in [0, 0.1) is 6.92 Å². The number of hydrogen-bond donors (Lipinski definition) is 2. The number of hydrogen-bond acceptors (Lipinski definition) is 10. The van der Waals surface area contributed by atoms with E-state index in [4.69, 9.17) is 4.74 Å². The number of methoxy groups -OCH3 is 1. The lowest BCUT2D eigenvalue weighted by Gasteiger charge is -2.08. The molecule has 0 fully saturated rings. The lowest BCUT2D eigenvalue weighted by molar-refractivity contribution is 0.0750. The van der Waals surface area contributed by atoms with E-state index in [1.165, 1.54) is 24.8 Å². The van der Waals surface area contributed by atoms with Crippen molar-refractivity contribution >= 4 is 39.6 Å². The van der Waals surface area contributed by atoms with Gasteiger partial charge in [0.25, 0.3) is 0 Å². The van der Waals surface area contributed by atoms with Crippen LogP contribution >= 0.6 is 11.3 Å². The molecule has 0 atom stereocenters. The molecule has 2 rings (SSSR count). The molecule has 0 bridgehead atoms. The second-order valence-electron chi connectivity index (χ2n) is 4.05. The van der Waals surface area contributed by atoms with Gasteiger partial charge in [-0.05, 0) is 18.4 Å². The summed E-state index contributed by atoms with van der Waals surface area (Å²) in [5.74, 6) is -1.11. The number of ether oxygens (including phenoxy) is 1. The molecule has 2 amide bonds. The average Bonchev–Trinajstić information content (AvgIpc) is 2.99. The minimum absolute atomic E-state index is 0.0650. The first-order valence-corrected chi connectivity index (χ1v) is 8.45. The Morgan fingerprint density at radius 1 is 1.25 bits per heavy atom. The second kappa shape index (κ2) is 7.18. The fraction of sp³-hybridized carbons (Fsp3) is 0.182. The number of carbonyl (C=O) groups is 2. The number of carbonyl (C=O) groups excluding carboxylic acids is 2. The van der Waals surface area contributed by atoms with Crippen molar-refractivity contribution in [2.45, 2.75) is 6.92 Å². The minimum Gasteiger partial charge on any atom is -0.467 e. The molecule has 0 saturated heterocycles. The van der Waals surface area contributed by atoms with Crippen molar-refractivity contribution in [2.24, 2.45) is 0 Å². The molecule has 24 heavy (non-hydrogen) atoms. The summed E-state index contributed by atoms with van der Waals surface area (Å²) in [4.78, 5) is 34.6. The molecule has 13 heteroatoms. The van der Waals surface area contributed by atoms with Gasteiger partial charge >= 0.3 is 28.3 Å². The zero-order valence-electron chi connectivity index (χ0n) is 12.3. The zero-order valence-corrected chi connectivity index (χ0v) is 14.0. The molecule has 0 aliphatic rings. The van der Waals surface area contributed by atoms with Gasteiger partial charge in [-0.25, -0.2) is 14.3 Å². The maximum absolute atomic E-state index is 11.7. The Labute approximate surface area is 140 Å². The molecule has 0 aromatic carbocycles. The molecule has 0 unspecified atom stereocenters. The maximum Gasteiger partial charge on any atom is 0.413 e. The Hall–Kier alpha value is -2.80. The lowest BCUT2D eigenvalue weighted by Crippen LogP contribution is -2.37. The topological polar surface area (TPSA) is 149 Å². The first-order chi connectivity index (χ1) is 11.3. The molecule has 0 saturated carbocycles. The average molecular weight is 373 g/mol. The number of nitrogens with zero attached hydrogens (tertiary/aromatic N) is 3. The van der Waals surface area contributed by atoms with Crippen LogP contribution in [0.2, 0.25) is 0 Å². The van der Waals surface area contributed by atoms with Gasteiger partial charge in [0.15, 0.2) is 0 Å². The van der Waals surface area contributed by atoms with Crippen LogP contribution in [0.5, 0.6) is 6.01 Å². The fourth-order valence-corrected chi connectivity index (χ4v) is 2.66. The zero-order chi connectivity index (χ0) is 17.7. The first-order valence-electron chi connectivity index (χ1n) is 6.17. The maximum atomic E-state index is 11.7. The molecular weight excluding hydrogens is 362 g/mol. The van der Waals surface area contributed by atoms with E-state index >= 15 is 0 Å². The molecule has 2 aromatic rings. The first kappa shape index (κ1) is 17.6. The van der Waals surface area contributed by atoms with Crippen LogP contribution in [0.3, 0.4) is 0 Å². The van der Waals surface area contributed by atoms with Gasteiger partial charge in [0, 0.05) is 0 Å². The highest BCUT2D eigenvalue weighted by atomic mass is 32.2. The molecule has 2 heterocycles. The summed E-state index contributed by atoms with van der Waals surface area (Å²) in [6.07, 6.45) is 0. The van der Waals surface area contributed by atoms with Crippen molar-refractivity contribution in [1.82, 2.24) is 19.7 Å². The Morgan fingerprint density at radius 2 is 2.00 bits per heavy atom. The number of amides is 2. The Kier molecular flexibility index (Phi) is 5.25. The molecule has 0 radical (unpaired) electrons. The largest absolute Gasteiger partial charge is 0.467 e. The van der Waals surface area contributed by atoms with Crippen LogP contribution in [-0.2, 0) is 14.5 Å². The van der Waals surface area contributed by atoms with E-state index in [1.807, 2.05) is 0 Å². The predicted molar refractivity (Wildman–Crippen MR) is 81.9 cm³/mol. The Bertz CT molecular complexity index is 852. The quantitative estimate of drug-likeness (QED) is 0.762. The SMILES string of the molecule is COc1nc(C)nc(NC(=O)NS(=O)(=O)OC(=O)c2cccs2)n1. The third kappa shape index (κ3) is 4.85. The summed E-state index contributed by atoms with van der Waals surface area (Å²) in [5, 5.41) is 3.63. The van der Waals surface area contributed by atoms with E-state index in [9.17, 15) is 18.0 Å². The van der Waals surface area contributed by atoms with Gasteiger partial charge in [-0.3, -0.25) is 5.32 Å². The smallest absolute Gasteiger partial charge is 0.413 e. The summed E-state index contributed by atoms with van der Waals surface area (Å²) in [7, 11) is -3.35. The van der Waals surface area contributed by atoms with Crippen LogP contribution in [-0.4, -0.2) is 42.5 Å². The van der Waals surface area contributed by atoms with Gasteiger partial charge in [-0.2, -0.15) is 23.4 Å². The molecule has 128 valence electrons. The summed E-state index contributed by atoms with van der Waals surface area (Å²) < 4.78 is 33.8. The van der Waals surface area contributed by atoms with E-state index in [-0.39, 0.29) is 22.7 Å². The predicted octanol–water partition coefficient (Wildman–Crippen LogP) is 0.473. The van der Waals surface area contributed by atoms with Crippen molar-refractivity contribution in [3.05, 3.63) is 28.2 Å².